The average Bonchev–Trinajstić information content (AvgIpc) is 3.04. The van der Waals surface area contributed by atoms with Gasteiger partial charge in [-0.15, -0.1) is 11.3 Å². The SMILES string of the molecule is CCNC(=NCCc1sc(C)nc1C)N(C)Cc1cccn1C. The number of hydrogen-bond acceptors (Lipinski definition) is 3. The minimum absolute atomic E-state index is 0.780. The monoisotopic (exact) mass is 333 g/mol. The van der Waals surface area contributed by atoms with Crippen LogP contribution in [0.1, 0.15) is 28.2 Å². The van der Waals surface area contributed by atoms with Crippen LogP contribution in [0.3, 0.4) is 0 Å². The molecule has 23 heavy (non-hydrogen) atoms. The maximum Gasteiger partial charge on any atom is 0.194 e. The van der Waals surface area contributed by atoms with Crippen LogP contribution in [0.2, 0.25) is 0 Å². The van der Waals surface area contributed by atoms with Crippen LogP contribution in [0.25, 0.3) is 0 Å². The van der Waals surface area contributed by atoms with Gasteiger partial charge in [0.1, 0.15) is 0 Å². The summed E-state index contributed by atoms with van der Waals surface area (Å²) in [6.45, 7) is 8.73. The number of hydrogen-bond donors (Lipinski definition) is 1. The van der Waals surface area contributed by atoms with Crippen LogP contribution in [0.15, 0.2) is 23.3 Å². The highest BCUT2D eigenvalue weighted by Gasteiger charge is 2.09. The van der Waals surface area contributed by atoms with Crippen molar-refractivity contribution in [2.45, 2.75) is 33.7 Å². The fourth-order valence-electron chi connectivity index (χ4n) is 2.52. The lowest BCUT2D eigenvalue weighted by Crippen LogP contribution is -2.39. The van der Waals surface area contributed by atoms with E-state index in [0.29, 0.717) is 0 Å². The van der Waals surface area contributed by atoms with E-state index in [1.165, 1.54) is 10.6 Å². The van der Waals surface area contributed by atoms with Crippen LogP contribution in [0, 0.1) is 13.8 Å². The largest absolute Gasteiger partial charge is 0.357 e. The maximum absolute atomic E-state index is 4.77. The molecule has 2 aromatic rings. The molecule has 0 unspecified atom stereocenters. The van der Waals surface area contributed by atoms with Crippen molar-refractivity contribution in [1.82, 2.24) is 19.8 Å². The second-order valence-corrected chi connectivity index (χ2v) is 6.98. The maximum atomic E-state index is 4.77. The summed E-state index contributed by atoms with van der Waals surface area (Å²) in [5.41, 5.74) is 2.41. The molecule has 0 fully saturated rings. The zero-order valence-electron chi connectivity index (χ0n) is 14.8. The summed E-state index contributed by atoms with van der Waals surface area (Å²) in [4.78, 5) is 12.8. The number of rotatable bonds is 6. The molecule has 2 rings (SSSR count). The zero-order valence-corrected chi connectivity index (χ0v) is 15.6. The smallest absolute Gasteiger partial charge is 0.194 e. The van der Waals surface area contributed by atoms with E-state index in [-0.39, 0.29) is 0 Å². The fraction of sp³-hybridized carbons (Fsp3) is 0.529. The third-order valence-electron chi connectivity index (χ3n) is 3.75. The Kier molecular flexibility index (Phi) is 6.21. The Bertz CT molecular complexity index is 656. The molecule has 0 aliphatic heterocycles. The van der Waals surface area contributed by atoms with E-state index in [0.717, 1.165) is 42.7 Å². The van der Waals surface area contributed by atoms with Gasteiger partial charge in [0.25, 0.3) is 0 Å². The lowest BCUT2D eigenvalue weighted by molar-refractivity contribution is 0.462. The van der Waals surface area contributed by atoms with E-state index in [2.05, 4.69) is 73.0 Å². The van der Waals surface area contributed by atoms with Crippen molar-refractivity contribution in [3.05, 3.63) is 39.6 Å². The highest BCUT2D eigenvalue weighted by atomic mass is 32.1. The van der Waals surface area contributed by atoms with Gasteiger partial charge in [-0.3, -0.25) is 4.99 Å². The highest BCUT2D eigenvalue weighted by Crippen LogP contribution is 2.17. The molecule has 6 heteroatoms. The van der Waals surface area contributed by atoms with Gasteiger partial charge in [0, 0.05) is 50.4 Å². The molecule has 0 aliphatic rings. The Balaban J connectivity index is 1.98. The minimum Gasteiger partial charge on any atom is -0.357 e. The number of aromatic nitrogens is 2. The second kappa shape index (κ2) is 8.15. The van der Waals surface area contributed by atoms with Crippen LogP contribution in [-0.4, -0.2) is 40.5 Å². The first-order valence-corrected chi connectivity index (χ1v) is 8.85. The number of aryl methyl sites for hydroxylation is 3. The second-order valence-electron chi connectivity index (χ2n) is 5.69. The molecule has 2 aromatic heterocycles. The number of aliphatic imine (C=N–C) groups is 1. The Hall–Kier alpha value is -1.82. The Labute approximate surface area is 143 Å². The van der Waals surface area contributed by atoms with Gasteiger partial charge in [0.2, 0.25) is 0 Å². The van der Waals surface area contributed by atoms with Crippen LogP contribution in [0.4, 0.5) is 0 Å². The van der Waals surface area contributed by atoms with Gasteiger partial charge in [0.05, 0.1) is 17.2 Å². The number of guanidine groups is 1. The van der Waals surface area contributed by atoms with E-state index in [4.69, 9.17) is 4.99 Å². The van der Waals surface area contributed by atoms with E-state index in [1.807, 2.05) is 0 Å². The Morgan fingerprint density at radius 1 is 1.43 bits per heavy atom. The van der Waals surface area contributed by atoms with Gasteiger partial charge in [0.15, 0.2) is 5.96 Å². The number of thiazole rings is 1. The molecule has 0 aromatic carbocycles. The molecule has 0 radical (unpaired) electrons. The van der Waals surface area contributed by atoms with Crippen LogP contribution < -0.4 is 5.32 Å². The molecule has 0 saturated heterocycles. The summed E-state index contributed by atoms with van der Waals surface area (Å²) in [6, 6.07) is 4.21. The molecule has 0 saturated carbocycles. The molecular weight excluding hydrogens is 306 g/mol. The first-order chi connectivity index (χ1) is 11.0. The van der Waals surface area contributed by atoms with Gasteiger partial charge in [-0.1, -0.05) is 0 Å². The Morgan fingerprint density at radius 3 is 2.78 bits per heavy atom. The molecule has 1 N–H and O–H groups in total. The lowest BCUT2D eigenvalue weighted by atomic mass is 10.3. The van der Waals surface area contributed by atoms with Crippen LogP contribution >= 0.6 is 11.3 Å². The molecule has 5 nitrogen and oxygen atoms in total. The van der Waals surface area contributed by atoms with Gasteiger partial charge in [-0.2, -0.15) is 0 Å². The van der Waals surface area contributed by atoms with Crippen LogP contribution in [-0.2, 0) is 20.0 Å². The summed E-state index contributed by atoms with van der Waals surface area (Å²) in [5.74, 6) is 0.951. The summed E-state index contributed by atoms with van der Waals surface area (Å²) in [7, 11) is 4.15. The number of nitrogens with one attached hydrogen (secondary N) is 1. The molecule has 0 bridgehead atoms. The summed E-state index contributed by atoms with van der Waals surface area (Å²) < 4.78 is 2.14. The van der Waals surface area contributed by atoms with E-state index < -0.39 is 0 Å². The summed E-state index contributed by atoms with van der Waals surface area (Å²) in [5, 5.41) is 4.51. The number of nitrogens with zero attached hydrogens (tertiary/aromatic N) is 4. The predicted octanol–water partition coefficient (Wildman–Crippen LogP) is 2.74. The normalized spacial score (nSPS) is 11.8. The van der Waals surface area contributed by atoms with E-state index in [9.17, 15) is 0 Å². The molecule has 2 heterocycles. The first kappa shape index (κ1) is 17.5. The van der Waals surface area contributed by atoms with Crippen molar-refractivity contribution in [1.29, 1.82) is 0 Å². The van der Waals surface area contributed by atoms with Gasteiger partial charge >= 0.3 is 0 Å². The molecule has 0 amide bonds. The third-order valence-corrected chi connectivity index (χ3v) is 4.88. The molecule has 0 aliphatic carbocycles. The van der Waals surface area contributed by atoms with Gasteiger partial charge in [-0.25, -0.2) is 4.98 Å². The van der Waals surface area contributed by atoms with Crippen molar-refractivity contribution < 1.29 is 0 Å². The Morgan fingerprint density at radius 2 is 2.22 bits per heavy atom. The zero-order chi connectivity index (χ0) is 16.8. The van der Waals surface area contributed by atoms with Crippen LogP contribution in [0.5, 0.6) is 0 Å². The van der Waals surface area contributed by atoms with Crippen molar-refractivity contribution in [3.8, 4) is 0 Å². The quantitative estimate of drug-likeness (QED) is 0.653. The van der Waals surface area contributed by atoms with Gasteiger partial charge < -0.3 is 14.8 Å². The molecule has 0 spiro atoms. The third kappa shape index (κ3) is 4.82. The average molecular weight is 334 g/mol. The molecular formula is C17H27N5S. The predicted molar refractivity (Wildman–Crippen MR) is 98.2 cm³/mol. The first-order valence-electron chi connectivity index (χ1n) is 8.03. The summed E-state index contributed by atoms with van der Waals surface area (Å²) in [6.07, 6.45) is 3.02. The van der Waals surface area contributed by atoms with E-state index >= 15 is 0 Å². The fourth-order valence-corrected chi connectivity index (χ4v) is 3.44. The van der Waals surface area contributed by atoms with Gasteiger partial charge in [-0.05, 0) is 32.9 Å². The standard InChI is InChI=1S/C17H27N5S/c1-6-18-17(22(5)12-15-8-7-11-21(15)4)19-10-9-16-13(2)20-14(3)23-16/h7-8,11H,6,9-10,12H2,1-5H3,(H,18,19). The van der Waals surface area contributed by atoms with E-state index in [1.54, 1.807) is 11.3 Å². The van der Waals surface area contributed by atoms with Crippen molar-refractivity contribution in [2.24, 2.45) is 12.0 Å². The molecule has 0 atom stereocenters. The molecule has 126 valence electrons. The lowest BCUT2D eigenvalue weighted by Gasteiger charge is -2.22. The van der Waals surface area contributed by atoms with Crippen molar-refractivity contribution in [3.63, 3.8) is 0 Å². The van der Waals surface area contributed by atoms with Crippen molar-refractivity contribution >= 4 is 17.3 Å². The topological polar surface area (TPSA) is 45.5 Å². The van der Waals surface area contributed by atoms with Crippen molar-refractivity contribution in [2.75, 3.05) is 20.1 Å². The minimum atomic E-state index is 0.780. The summed E-state index contributed by atoms with van der Waals surface area (Å²) >= 11 is 1.78. The highest BCUT2D eigenvalue weighted by molar-refractivity contribution is 7.11.